The fourth-order valence-corrected chi connectivity index (χ4v) is 2.44. The molecule has 1 aliphatic rings. The highest BCUT2D eigenvalue weighted by molar-refractivity contribution is 5.89. The Labute approximate surface area is 116 Å². The Bertz CT molecular complexity index is 495. The quantitative estimate of drug-likeness (QED) is 0.781. The van der Waals surface area contributed by atoms with Gasteiger partial charge in [0.2, 0.25) is 0 Å². The molecule has 0 spiro atoms. The maximum atomic E-state index is 13.4. The predicted octanol–water partition coefficient (Wildman–Crippen LogP) is 2.62. The van der Waals surface area contributed by atoms with E-state index in [0.29, 0.717) is 6.04 Å². The van der Waals surface area contributed by atoms with Gasteiger partial charge in [0, 0.05) is 24.2 Å². The van der Waals surface area contributed by atoms with Gasteiger partial charge in [0.25, 0.3) is 0 Å². The van der Waals surface area contributed by atoms with Crippen molar-refractivity contribution in [2.45, 2.75) is 44.8 Å². The summed E-state index contributed by atoms with van der Waals surface area (Å²) in [6.45, 7) is 4.10. The molecular formula is C14H19F2N3O. The summed E-state index contributed by atoms with van der Waals surface area (Å²) >= 11 is 0. The van der Waals surface area contributed by atoms with E-state index in [1.807, 2.05) is 6.92 Å². The molecule has 1 aromatic rings. The van der Waals surface area contributed by atoms with Crippen LogP contribution in [-0.2, 0) is 0 Å². The van der Waals surface area contributed by atoms with E-state index in [0.717, 1.165) is 25.0 Å². The molecule has 0 aromatic heterocycles. The minimum absolute atomic E-state index is 0.00490. The average molecular weight is 283 g/mol. The Kier molecular flexibility index (Phi) is 4.54. The normalized spacial score (nSPS) is 26.1. The third-order valence-electron chi connectivity index (χ3n) is 3.56. The summed E-state index contributed by atoms with van der Waals surface area (Å²) in [6.07, 6.45) is 1.84. The van der Waals surface area contributed by atoms with Crippen molar-refractivity contribution in [3.63, 3.8) is 0 Å². The number of amides is 2. The molecule has 110 valence electrons. The second-order valence-electron chi connectivity index (χ2n) is 5.26. The summed E-state index contributed by atoms with van der Waals surface area (Å²) in [5, 5.41) is 8.55. The molecule has 4 nitrogen and oxygen atoms in total. The monoisotopic (exact) mass is 283 g/mol. The minimum Gasteiger partial charge on any atom is -0.334 e. The summed E-state index contributed by atoms with van der Waals surface area (Å²) in [5.74, 6) is -1.46. The van der Waals surface area contributed by atoms with E-state index in [1.165, 1.54) is 6.07 Å². The lowest BCUT2D eigenvalue weighted by atomic mass is 9.95. The first-order valence-corrected chi connectivity index (χ1v) is 6.74. The second kappa shape index (κ2) is 6.17. The number of benzene rings is 1. The van der Waals surface area contributed by atoms with Gasteiger partial charge in [0.15, 0.2) is 0 Å². The number of halogens is 2. The number of anilines is 1. The fraction of sp³-hybridized carbons (Fsp3) is 0.500. The van der Waals surface area contributed by atoms with Gasteiger partial charge in [0.1, 0.15) is 11.6 Å². The summed E-state index contributed by atoms with van der Waals surface area (Å²) in [7, 11) is 0. The molecule has 3 atom stereocenters. The summed E-state index contributed by atoms with van der Waals surface area (Å²) < 4.78 is 26.2. The van der Waals surface area contributed by atoms with Crippen LogP contribution in [0.3, 0.4) is 0 Å². The number of hydrogen-bond acceptors (Lipinski definition) is 2. The van der Waals surface area contributed by atoms with E-state index >= 15 is 0 Å². The van der Waals surface area contributed by atoms with Crippen LogP contribution in [0.25, 0.3) is 0 Å². The molecule has 1 fully saturated rings. The molecule has 1 aromatic carbocycles. The smallest absolute Gasteiger partial charge is 0.319 e. The van der Waals surface area contributed by atoms with E-state index in [2.05, 4.69) is 22.9 Å². The van der Waals surface area contributed by atoms with Crippen LogP contribution in [0.15, 0.2) is 18.2 Å². The Morgan fingerprint density at radius 3 is 2.70 bits per heavy atom. The molecule has 6 heteroatoms. The lowest BCUT2D eigenvalue weighted by molar-refractivity contribution is 0.232. The first-order valence-electron chi connectivity index (χ1n) is 6.74. The van der Waals surface area contributed by atoms with Crippen molar-refractivity contribution >= 4 is 11.7 Å². The third-order valence-corrected chi connectivity index (χ3v) is 3.56. The van der Waals surface area contributed by atoms with Gasteiger partial charge in [-0.1, -0.05) is 0 Å². The first-order chi connectivity index (χ1) is 9.45. The van der Waals surface area contributed by atoms with Crippen molar-refractivity contribution in [1.29, 1.82) is 0 Å². The van der Waals surface area contributed by atoms with Gasteiger partial charge in [-0.3, -0.25) is 0 Å². The molecule has 3 unspecified atom stereocenters. The maximum Gasteiger partial charge on any atom is 0.319 e. The standard InChI is InChI=1S/C14H19F2N3O/c1-8-3-5-12(9(2)17-8)18-14(20)19-13-6-4-10(15)7-11(13)16/h4,6-9,12,17H,3,5H2,1-2H3,(H2,18,19,20). The largest absolute Gasteiger partial charge is 0.334 e. The van der Waals surface area contributed by atoms with Crippen molar-refractivity contribution < 1.29 is 13.6 Å². The van der Waals surface area contributed by atoms with E-state index in [4.69, 9.17) is 0 Å². The number of rotatable bonds is 2. The first kappa shape index (κ1) is 14.7. The molecule has 0 saturated carbocycles. The Hall–Kier alpha value is -1.69. The highest BCUT2D eigenvalue weighted by Crippen LogP contribution is 2.16. The molecule has 0 aliphatic carbocycles. The SMILES string of the molecule is CC1CCC(NC(=O)Nc2ccc(F)cc2F)C(C)N1. The van der Waals surface area contributed by atoms with Crippen LogP contribution in [0.4, 0.5) is 19.3 Å². The van der Waals surface area contributed by atoms with Crippen LogP contribution < -0.4 is 16.0 Å². The zero-order valence-electron chi connectivity index (χ0n) is 11.5. The molecule has 1 heterocycles. The molecule has 1 aliphatic heterocycles. The van der Waals surface area contributed by atoms with Crippen molar-refractivity contribution in [2.75, 3.05) is 5.32 Å². The summed E-state index contributed by atoms with van der Waals surface area (Å²) in [5.41, 5.74) is -0.0336. The number of urea groups is 1. The second-order valence-corrected chi connectivity index (χ2v) is 5.26. The lowest BCUT2D eigenvalue weighted by Gasteiger charge is -2.34. The molecule has 0 radical (unpaired) electrons. The number of nitrogens with one attached hydrogen (secondary N) is 3. The average Bonchev–Trinajstić information content (AvgIpc) is 2.36. The Morgan fingerprint density at radius 2 is 2.05 bits per heavy atom. The van der Waals surface area contributed by atoms with Gasteiger partial charge in [-0.25, -0.2) is 13.6 Å². The van der Waals surface area contributed by atoms with Crippen molar-refractivity contribution in [3.05, 3.63) is 29.8 Å². The number of hydrogen-bond donors (Lipinski definition) is 3. The van der Waals surface area contributed by atoms with Crippen LogP contribution >= 0.6 is 0 Å². The highest BCUT2D eigenvalue weighted by Gasteiger charge is 2.25. The molecule has 0 bridgehead atoms. The predicted molar refractivity (Wildman–Crippen MR) is 73.6 cm³/mol. The van der Waals surface area contributed by atoms with Crippen LogP contribution in [0.2, 0.25) is 0 Å². The molecule has 1 saturated heterocycles. The molecule has 20 heavy (non-hydrogen) atoms. The van der Waals surface area contributed by atoms with E-state index in [9.17, 15) is 13.6 Å². The number of carbonyl (C=O) groups is 1. The Morgan fingerprint density at radius 1 is 1.30 bits per heavy atom. The summed E-state index contributed by atoms with van der Waals surface area (Å²) in [6, 6.07) is 3.14. The van der Waals surface area contributed by atoms with Gasteiger partial charge in [-0.05, 0) is 38.8 Å². The number of piperidine rings is 1. The van der Waals surface area contributed by atoms with Gasteiger partial charge in [-0.15, -0.1) is 0 Å². The molecule has 2 amide bonds. The molecule has 3 N–H and O–H groups in total. The highest BCUT2D eigenvalue weighted by atomic mass is 19.1. The fourth-order valence-electron chi connectivity index (χ4n) is 2.44. The van der Waals surface area contributed by atoms with Crippen LogP contribution in [0.1, 0.15) is 26.7 Å². The van der Waals surface area contributed by atoms with Crippen molar-refractivity contribution in [1.82, 2.24) is 10.6 Å². The minimum atomic E-state index is -0.788. The Balaban J connectivity index is 1.92. The van der Waals surface area contributed by atoms with Crippen LogP contribution in [0, 0.1) is 11.6 Å². The molecule has 2 rings (SSSR count). The van der Waals surface area contributed by atoms with E-state index in [-0.39, 0.29) is 17.8 Å². The van der Waals surface area contributed by atoms with E-state index in [1.54, 1.807) is 0 Å². The van der Waals surface area contributed by atoms with Crippen molar-refractivity contribution in [2.24, 2.45) is 0 Å². The van der Waals surface area contributed by atoms with Gasteiger partial charge < -0.3 is 16.0 Å². The molecular weight excluding hydrogens is 264 g/mol. The van der Waals surface area contributed by atoms with Crippen LogP contribution in [0.5, 0.6) is 0 Å². The van der Waals surface area contributed by atoms with Gasteiger partial charge >= 0.3 is 6.03 Å². The van der Waals surface area contributed by atoms with Gasteiger partial charge in [0.05, 0.1) is 5.69 Å². The van der Waals surface area contributed by atoms with Gasteiger partial charge in [-0.2, -0.15) is 0 Å². The number of carbonyl (C=O) groups excluding carboxylic acids is 1. The third kappa shape index (κ3) is 3.66. The topological polar surface area (TPSA) is 53.2 Å². The zero-order valence-corrected chi connectivity index (χ0v) is 11.5. The summed E-state index contributed by atoms with van der Waals surface area (Å²) in [4.78, 5) is 11.8. The maximum absolute atomic E-state index is 13.4. The van der Waals surface area contributed by atoms with Crippen molar-refractivity contribution in [3.8, 4) is 0 Å². The lowest BCUT2D eigenvalue weighted by Crippen LogP contribution is -2.55. The van der Waals surface area contributed by atoms with Crippen LogP contribution in [-0.4, -0.2) is 24.2 Å². The zero-order chi connectivity index (χ0) is 14.7. The van der Waals surface area contributed by atoms with E-state index < -0.39 is 17.7 Å².